The first kappa shape index (κ1) is 19.1. The number of nitrogens with two attached hydrogens (primary N) is 1. The van der Waals surface area contributed by atoms with E-state index in [-0.39, 0.29) is 16.3 Å². The fraction of sp³-hybridized carbons (Fsp3) is 0.571. The van der Waals surface area contributed by atoms with Gasteiger partial charge in [-0.15, -0.1) is 0 Å². The van der Waals surface area contributed by atoms with Gasteiger partial charge in [0.1, 0.15) is 0 Å². The largest absolute Gasteiger partial charge is 0.324 e. The Morgan fingerprint density at radius 3 is 2.14 bits per heavy atom. The molecular weight excluding hydrogens is 324 g/mol. The molecule has 0 atom stereocenters. The lowest BCUT2D eigenvalue weighted by atomic mass is 9.95. The van der Waals surface area contributed by atoms with Crippen molar-refractivity contribution in [1.82, 2.24) is 4.72 Å². The molecule has 0 radical (unpaired) electrons. The summed E-state index contributed by atoms with van der Waals surface area (Å²) >= 11 is 0. The van der Waals surface area contributed by atoms with Crippen LogP contribution in [0.4, 0.5) is 0 Å². The van der Waals surface area contributed by atoms with Crippen LogP contribution in [0.5, 0.6) is 0 Å². The number of benzene rings is 1. The van der Waals surface area contributed by atoms with Crippen molar-refractivity contribution in [3.63, 3.8) is 0 Å². The van der Waals surface area contributed by atoms with Crippen LogP contribution in [0.15, 0.2) is 28.0 Å². The summed E-state index contributed by atoms with van der Waals surface area (Å²) in [6.07, 6.45) is 2.31. The number of hydrogen-bond acceptors (Lipinski definition) is 5. The Labute approximate surface area is 133 Å². The SMILES string of the molecule is CCC(N)(CC)CNS(=O)(=O)c1cc(S(C)(=O)=O)ccc1C. The molecular formula is C14H24N2O4S2. The molecule has 1 rings (SSSR count). The standard InChI is InChI=1S/C14H24N2O4S2/c1-5-14(15,6-2)10-16-22(19,20)13-9-12(21(4,17)18)8-7-11(13)3/h7-9,16H,5-6,10,15H2,1-4H3. The first-order valence-electron chi connectivity index (χ1n) is 7.04. The summed E-state index contributed by atoms with van der Waals surface area (Å²) in [6, 6.07) is 4.07. The zero-order chi connectivity index (χ0) is 17.2. The Balaban J connectivity index is 3.18. The maximum absolute atomic E-state index is 12.4. The first-order valence-corrected chi connectivity index (χ1v) is 10.4. The molecule has 0 bridgehead atoms. The molecule has 0 aliphatic carbocycles. The summed E-state index contributed by atoms with van der Waals surface area (Å²) in [4.78, 5) is -0.0616. The van der Waals surface area contributed by atoms with Gasteiger partial charge in [-0.1, -0.05) is 19.9 Å². The van der Waals surface area contributed by atoms with Crippen molar-refractivity contribution < 1.29 is 16.8 Å². The van der Waals surface area contributed by atoms with Crippen LogP contribution in [0.1, 0.15) is 32.3 Å². The van der Waals surface area contributed by atoms with Crippen LogP contribution < -0.4 is 10.5 Å². The number of rotatable bonds is 7. The predicted octanol–water partition coefficient (Wildman–Crippen LogP) is 1.19. The van der Waals surface area contributed by atoms with E-state index in [9.17, 15) is 16.8 Å². The highest BCUT2D eigenvalue weighted by atomic mass is 32.2. The highest BCUT2D eigenvalue weighted by Crippen LogP contribution is 2.21. The molecule has 126 valence electrons. The smallest absolute Gasteiger partial charge is 0.240 e. The van der Waals surface area contributed by atoms with Gasteiger partial charge in [0.25, 0.3) is 0 Å². The molecule has 0 saturated carbocycles. The molecule has 0 amide bonds. The van der Waals surface area contributed by atoms with E-state index in [0.29, 0.717) is 18.4 Å². The van der Waals surface area contributed by atoms with Gasteiger partial charge >= 0.3 is 0 Å². The van der Waals surface area contributed by atoms with Crippen molar-refractivity contribution in [3.05, 3.63) is 23.8 Å². The van der Waals surface area contributed by atoms with E-state index < -0.39 is 25.4 Å². The summed E-state index contributed by atoms with van der Waals surface area (Å²) < 4.78 is 50.6. The van der Waals surface area contributed by atoms with Gasteiger partial charge < -0.3 is 5.73 Å². The molecule has 0 spiro atoms. The lowest BCUT2D eigenvalue weighted by Gasteiger charge is -2.26. The maximum Gasteiger partial charge on any atom is 0.240 e. The van der Waals surface area contributed by atoms with Crippen LogP contribution >= 0.6 is 0 Å². The van der Waals surface area contributed by atoms with E-state index >= 15 is 0 Å². The van der Waals surface area contributed by atoms with Crippen molar-refractivity contribution in [2.75, 3.05) is 12.8 Å². The van der Waals surface area contributed by atoms with Crippen molar-refractivity contribution >= 4 is 19.9 Å². The van der Waals surface area contributed by atoms with Gasteiger partial charge in [0.15, 0.2) is 9.84 Å². The van der Waals surface area contributed by atoms with E-state index in [0.717, 1.165) is 6.26 Å². The van der Waals surface area contributed by atoms with Crippen LogP contribution in [-0.2, 0) is 19.9 Å². The average molecular weight is 348 g/mol. The minimum absolute atomic E-state index is 0.0246. The number of hydrogen-bond donors (Lipinski definition) is 2. The molecule has 8 heteroatoms. The summed E-state index contributed by atoms with van der Waals surface area (Å²) in [5.74, 6) is 0. The Hall–Kier alpha value is -0.960. The van der Waals surface area contributed by atoms with Crippen LogP contribution in [0.3, 0.4) is 0 Å². The third-order valence-corrected chi connectivity index (χ3v) is 6.55. The van der Waals surface area contributed by atoms with E-state index in [2.05, 4.69) is 4.72 Å². The maximum atomic E-state index is 12.4. The van der Waals surface area contributed by atoms with E-state index in [1.165, 1.54) is 18.2 Å². The lowest BCUT2D eigenvalue weighted by molar-refractivity contribution is 0.391. The Morgan fingerprint density at radius 1 is 1.14 bits per heavy atom. The number of sulfone groups is 1. The molecule has 0 saturated heterocycles. The molecule has 0 aliphatic heterocycles. The zero-order valence-corrected chi connectivity index (χ0v) is 15.0. The summed E-state index contributed by atoms with van der Waals surface area (Å²) in [5, 5.41) is 0. The Kier molecular flexibility index (Phi) is 5.77. The predicted molar refractivity (Wildman–Crippen MR) is 87.0 cm³/mol. The number of nitrogens with one attached hydrogen (secondary N) is 1. The normalized spacial score (nSPS) is 13.3. The molecule has 22 heavy (non-hydrogen) atoms. The zero-order valence-electron chi connectivity index (χ0n) is 13.4. The van der Waals surface area contributed by atoms with E-state index in [1.807, 2.05) is 13.8 Å². The van der Waals surface area contributed by atoms with Gasteiger partial charge in [-0.25, -0.2) is 21.6 Å². The van der Waals surface area contributed by atoms with E-state index in [4.69, 9.17) is 5.73 Å². The monoisotopic (exact) mass is 348 g/mol. The molecule has 0 fully saturated rings. The summed E-state index contributed by atoms with van der Waals surface area (Å²) in [6.45, 7) is 5.52. The van der Waals surface area contributed by atoms with Gasteiger partial charge in [-0.05, 0) is 37.5 Å². The van der Waals surface area contributed by atoms with Crippen LogP contribution in [0.2, 0.25) is 0 Å². The highest BCUT2D eigenvalue weighted by Gasteiger charge is 2.25. The third kappa shape index (κ3) is 4.52. The first-order chi connectivity index (χ1) is 9.95. The molecule has 3 N–H and O–H groups in total. The quantitative estimate of drug-likeness (QED) is 0.770. The number of aryl methyl sites for hydroxylation is 1. The minimum Gasteiger partial charge on any atom is -0.324 e. The molecule has 1 aromatic rings. The van der Waals surface area contributed by atoms with Crippen molar-refractivity contribution in [2.45, 2.75) is 48.9 Å². The number of sulfonamides is 1. The second-order valence-electron chi connectivity index (χ2n) is 5.59. The van der Waals surface area contributed by atoms with Gasteiger partial charge in [0, 0.05) is 18.3 Å². The van der Waals surface area contributed by atoms with Gasteiger partial charge in [0.2, 0.25) is 10.0 Å². The van der Waals surface area contributed by atoms with Gasteiger partial charge in [-0.3, -0.25) is 0 Å². The molecule has 0 heterocycles. The topological polar surface area (TPSA) is 106 Å². The lowest BCUT2D eigenvalue weighted by Crippen LogP contribution is -2.49. The van der Waals surface area contributed by atoms with Crippen molar-refractivity contribution in [1.29, 1.82) is 0 Å². The molecule has 6 nitrogen and oxygen atoms in total. The average Bonchev–Trinajstić information content (AvgIpc) is 2.44. The fourth-order valence-corrected chi connectivity index (χ4v) is 4.05. The van der Waals surface area contributed by atoms with Gasteiger partial charge in [0.05, 0.1) is 9.79 Å². The molecule has 0 aromatic heterocycles. The third-order valence-electron chi connectivity index (χ3n) is 3.90. The summed E-state index contributed by atoms with van der Waals surface area (Å²) in [5.41, 5.74) is 5.96. The fourth-order valence-electron chi connectivity index (χ4n) is 1.92. The minimum atomic E-state index is -3.82. The van der Waals surface area contributed by atoms with E-state index in [1.54, 1.807) is 6.92 Å². The Morgan fingerprint density at radius 2 is 1.68 bits per heavy atom. The van der Waals surface area contributed by atoms with Crippen molar-refractivity contribution in [2.24, 2.45) is 5.73 Å². The molecule has 0 aliphatic rings. The second-order valence-corrected chi connectivity index (χ2v) is 9.34. The van der Waals surface area contributed by atoms with Crippen LogP contribution in [0.25, 0.3) is 0 Å². The van der Waals surface area contributed by atoms with Crippen LogP contribution in [-0.4, -0.2) is 35.2 Å². The van der Waals surface area contributed by atoms with Crippen LogP contribution in [0, 0.1) is 6.92 Å². The molecule has 1 aromatic carbocycles. The van der Waals surface area contributed by atoms with Gasteiger partial charge in [-0.2, -0.15) is 0 Å². The molecule has 0 unspecified atom stereocenters. The second kappa shape index (κ2) is 6.66. The Bertz CT molecular complexity index is 736. The summed E-state index contributed by atoms with van der Waals surface area (Å²) in [7, 11) is -7.29. The van der Waals surface area contributed by atoms with Crippen molar-refractivity contribution in [3.8, 4) is 0 Å². The highest BCUT2D eigenvalue weighted by molar-refractivity contribution is 7.91.